The molecule has 3 N–H and O–H groups in total. The Morgan fingerprint density at radius 1 is 1.44 bits per heavy atom. The molecule has 0 radical (unpaired) electrons. The van der Waals surface area contributed by atoms with Crippen molar-refractivity contribution in [2.24, 2.45) is 0 Å². The van der Waals surface area contributed by atoms with E-state index in [1.54, 1.807) is 31.3 Å². The monoisotopic (exact) mass is 242 g/mol. The van der Waals surface area contributed by atoms with E-state index in [1.807, 2.05) is 0 Å². The van der Waals surface area contributed by atoms with Crippen molar-refractivity contribution in [2.45, 2.75) is 6.10 Å². The summed E-state index contributed by atoms with van der Waals surface area (Å²) in [5, 5.41) is 15.7. The smallest absolute Gasteiger partial charge is 0.233 e. The molecular formula is C11H15ClN2O2. The predicted octanol–water partition coefficient (Wildman–Crippen LogP) is 0.709. The molecule has 1 rings (SSSR count). The van der Waals surface area contributed by atoms with Crippen molar-refractivity contribution < 1.29 is 9.90 Å². The molecule has 4 nitrogen and oxygen atoms in total. The molecule has 88 valence electrons. The minimum Gasteiger partial charge on any atom is -0.387 e. The van der Waals surface area contributed by atoms with Gasteiger partial charge in [-0.15, -0.1) is 0 Å². The Morgan fingerprint density at radius 3 is 2.62 bits per heavy atom. The average molecular weight is 243 g/mol. The van der Waals surface area contributed by atoms with Gasteiger partial charge in [-0.2, -0.15) is 0 Å². The van der Waals surface area contributed by atoms with Crippen molar-refractivity contribution in [2.75, 3.05) is 20.1 Å². The first-order valence-electron chi connectivity index (χ1n) is 4.98. The van der Waals surface area contributed by atoms with Crippen molar-refractivity contribution in [3.63, 3.8) is 0 Å². The molecule has 0 saturated carbocycles. The van der Waals surface area contributed by atoms with Crippen LogP contribution in [0.5, 0.6) is 0 Å². The van der Waals surface area contributed by atoms with E-state index >= 15 is 0 Å². The lowest BCUT2D eigenvalue weighted by atomic mass is 10.1. The van der Waals surface area contributed by atoms with Crippen LogP contribution in [0.15, 0.2) is 24.3 Å². The molecule has 1 aromatic carbocycles. The van der Waals surface area contributed by atoms with Gasteiger partial charge in [0.05, 0.1) is 12.6 Å². The summed E-state index contributed by atoms with van der Waals surface area (Å²) in [5.41, 5.74) is 0.772. The maximum atomic E-state index is 10.9. The highest BCUT2D eigenvalue weighted by molar-refractivity contribution is 6.30. The Hall–Kier alpha value is -1.10. The molecule has 0 aliphatic carbocycles. The number of likely N-dealkylation sites (N-methyl/N-ethyl adjacent to an activating group) is 1. The summed E-state index contributed by atoms with van der Waals surface area (Å²) in [6.07, 6.45) is -0.637. The van der Waals surface area contributed by atoms with Gasteiger partial charge in [-0.05, 0) is 17.7 Å². The van der Waals surface area contributed by atoms with Gasteiger partial charge < -0.3 is 15.7 Å². The van der Waals surface area contributed by atoms with Crippen LogP contribution in [-0.4, -0.2) is 31.2 Å². The lowest BCUT2D eigenvalue weighted by Gasteiger charge is -2.11. The second-order valence-electron chi connectivity index (χ2n) is 3.37. The van der Waals surface area contributed by atoms with Gasteiger partial charge >= 0.3 is 0 Å². The highest BCUT2D eigenvalue weighted by atomic mass is 35.5. The van der Waals surface area contributed by atoms with Gasteiger partial charge in [0.1, 0.15) is 0 Å². The fourth-order valence-corrected chi connectivity index (χ4v) is 1.34. The summed E-state index contributed by atoms with van der Waals surface area (Å²) in [5.74, 6) is -0.108. The van der Waals surface area contributed by atoms with E-state index in [9.17, 15) is 9.90 Å². The second-order valence-corrected chi connectivity index (χ2v) is 3.81. The fraction of sp³-hybridized carbons (Fsp3) is 0.364. The zero-order valence-electron chi connectivity index (χ0n) is 9.03. The zero-order chi connectivity index (χ0) is 12.0. The van der Waals surface area contributed by atoms with Gasteiger partial charge in [0.15, 0.2) is 0 Å². The van der Waals surface area contributed by atoms with E-state index in [2.05, 4.69) is 10.6 Å². The summed E-state index contributed by atoms with van der Waals surface area (Å²) in [6.45, 7) is 0.524. The van der Waals surface area contributed by atoms with Crippen molar-refractivity contribution in [3.8, 4) is 0 Å². The van der Waals surface area contributed by atoms with Crippen LogP contribution in [0.4, 0.5) is 0 Å². The normalized spacial score (nSPS) is 12.2. The third-order valence-corrected chi connectivity index (χ3v) is 2.41. The molecule has 1 aromatic rings. The number of amides is 1. The molecule has 1 unspecified atom stereocenters. The minimum atomic E-state index is -0.637. The lowest BCUT2D eigenvalue weighted by Crippen LogP contribution is -2.33. The van der Waals surface area contributed by atoms with Crippen molar-refractivity contribution in [1.82, 2.24) is 10.6 Å². The highest BCUT2D eigenvalue weighted by Gasteiger charge is 2.07. The molecule has 5 heteroatoms. The zero-order valence-corrected chi connectivity index (χ0v) is 9.79. The molecule has 0 spiro atoms. The van der Waals surface area contributed by atoms with E-state index in [-0.39, 0.29) is 12.5 Å². The van der Waals surface area contributed by atoms with Crippen LogP contribution in [0.3, 0.4) is 0 Å². The summed E-state index contributed by atoms with van der Waals surface area (Å²) in [4.78, 5) is 10.9. The third-order valence-electron chi connectivity index (χ3n) is 2.16. The number of aliphatic hydroxyl groups excluding tert-OH is 1. The van der Waals surface area contributed by atoms with Crippen LogP contribution in [0, 0.1) is 0 Å². The SMILES string of the molecule is CNC(=O)CNCC(O)c1ccc(Cl)cc1. The van der Waals surface area contributed by atoms with Crippen LogP contribution >= 0.6 is 11.6 Å². The molecular weight excluding hydrogens is 228 g/mol. The number of carbonyl (C=O) groups is 1. The highest BCUT2D eigenvalue weighted by Crippen LogP contribution is 2.15. The van der Waals surface area contributed by atoms with Crippen LogP contribution in [0.1, 0.15) is 11.7 Å². The Morgan fingerprint density at radius 2 is 2.06 bits per heavy atom. The van der Waals surface area contributed by atoms with Gasteiger partial charge in [0.25, 0.3) is 0 Å². The quantitative estimate of drug-likeness (QED) is 0.713. The number of nitrogens with one attached hydrogen (secondary N) is 2. The first kappa shape index (κ1) is 13.0. The standard InChI is InChI=1S/C11H15ClN2O2/c1-13-11(16)7-14-6-10(15)8-2-4-9(12)5-3-8/h2-5,10,14-15H,6-7H2,1H3,(H,13,16). The summed E-state index contributed by atoms with van der Waals surface area (Å²) in [6, 6.07) is 6.96. The summed E-state index contributed by atoms with van der Waals surface area (Å²) in [7, 11) is 1.57. The minimum absolute atomic E-state index is 0.108. The Labute approximate surface area is 99.6 Å². The van der Waals surface area contributed by atoms with E-state index in [1.165, 1.54) is 0 Å². The van der Waals surface area contributed by atoms with Gasteiger partial charge in [0.2, 0.25) is 5.91 Å². The molecule has 0 bridgehead atoms. The average Bonchev–Trinajstić information content (AvgIpc) is 2.29. The molecule has 0 fully saturated rings. The summed E-state index contributed by atoms with van der Waals surface area (Å²) < 4.78 is 0. The van der Waals surface area contributed by atoms with E-state index in [0.29, 0.717) is 11.6 Å². The lowest BCUT2D eigenvalue weighted by molar-refractivity contribution is -0.119. The maximum Gasteiger partial charge on any atom is 0.233 e. The predicted molar refractivity (Wildman–Crippen MR) is 63.3 cm³/mol. The van der Waals surface area contributed by atoms with Crippen molar-refractivity contribution in [1.29, 1.82) is 0 Å². The molecule has 1 atom stereocenters. The van der Waals surface area contributed by atoms with Crippen LogP contribution in [0.2, 0.25) is 5.02 Å². The number of rotatable bonds is 5. The molecule has 0 aliphatic rings. The number of benzene rings is 1. The number of halogens is 1. The largest absolute Gasteiger partial charge is 0.387 e. The number of hydrogen-bond donors (Lipinski definition) is 3. The molecule has 0 heterocycles. The first-order chi connectivity index (χ1) is 7.63. The fourth-order valence-electron chi connectivity index (χ4n) is 1.21. The Balaban J connectivity index is 2.37. The van der Waals surface area contributed by atoms with Gasteiger partial charge in [0, 0.05) is 18.6 Å². The molecule has 0 saturated heterocycles. The van der Waals surface area contributed by atoms with Gasteiger partial charge in [-0.25, -0.2) is 0 Å². The van der Waals surface area contributed by atoms with Crippen LogP contribution in [-0.2, 0) is 4.79 Å². The third kappa shape index (κ3) is 4.18. The molecule has 1 amide bonds. The maximum absolute atomic E-state index is 10.9. The van der Waals surface area contributed by atoms with Gasteiger partial charge in [-0.3, -0.25) is 4.79 Å². The molecule has 0 aliphatic heterocycles. The van der Waals surface area contributed by atoms with Gasteiger partial charge in [-0.1, -0.05) is 23.7 Å². The first-order valence-corrected chi connectivity index (χ1v) is 5.36. The van der Waals surface area contributed by atoms with E-state index < -0.39 is 6.10 Å². The Kier molecular flexibility index (Phi) is 5.25. The van der Waals surface area contributed by atoms with E-state index in [4.69, 9.17) is 11.6 Å². The number of hydrogen-bond acceptors (Lipinski definition) is 3. The number of aliphatic hydroxyl groups is 1. The second kappa shape index (κ2) is 6.48. The number of carbonyl (C=O) groups excluding carboxylic acids is 1. The molecule has 16 heavy (non-hydrogen) atoms. The van der Waals surface area contributed by atoms with Crippen molar-refractivity contribution >= 4 is 17.5 Å². The van der Waals surface area contributed by atoms with E-state index in [0.717, 1.165) is 5.56 Å². The van der Waals surface area contributed by atoms with Crippen LogP contribution in [0.25, 0.3) is 0 Å². The Bertz CT molecular complexity index is 340. The molecule has 0 aromatic heterocycles. The van der Waals surface area contributed by atoms with Crippen molar-refractivity contribution in [3.05, 3.63) is 34.9 Å². The van der Waals surface area contributed by atoms with Crippen LogP contribution < -0.4 is 10.6 Å². The summed E-state index contributed by atoms with van der Waals surface area (Å²) >= 11 is 5.73. The topological polar surface area (TPSA) is 61.4 Å².